The summed E-state index contributed by atoms with van der Waals surface area (Å²) in [6, 6.07) is 13.5. The molecule has 80 valence electrons. The normalized spacial score (nSPS) is 17.1. The quantitative estimate of drug-likeness (QED) is 0.564. The Balaban J connectivity index is 2.05. The summed E-state index contributed by atoms with van der Waals surface area (Å²) in [5.41, 5.74) is 8.71. The highest BCUT2D eigenvalue weighted by Crippen LogP contribution is 2.50. The van der Waals surface area contributed by atoms with Crippen molar-refractivity contribution in [2.24, 2.45) is 0 Å². The Morgan fingerprint density at radius 1 is 0.875 bits per heavy atom. The van der Waals surface area contributed by atoms with Crippen LogP contribution in [0.15, 0.2) is 36.4 Å². The molecule has 0 bridgehead atoms. The second kappa shape index (κ2) is 3.21. The zero-order chi connectivity index (χ0) is 11.3. The van der Waals surface area contributed by atoms with E-state index >= 15 is 0 Å². The number of aryl methyl sites for hydroxylation is 3. The van der Waals surface area contributed by atoms with Crippen LogP contribution in [-0.2, 0) is 0 Å². The lowest BCUT2D eigenvalue weighted by Crippen LogP contribution is -1.82. The van der Waals surface area contributed by atoms with Crippen LogP contribution in [0.1, 0.15) is 39.3 Å². The monoisotopic (exact) mass is 208 g/mol. The molecule has 0 spiro atoms. The van der Waals surface area contributed by atoms with E-state index in [1.165, 1.54) is 27.8 Å². The van der Waals surface area contributed by atoms with Crippen molar-refractivity contribution in [2.45, 2.75) is 26.7 Å². The van der Waals surface area contributed by atoms with E-state index in [9.17, 15) is 0 Å². The maximum absolute atomic E-state index is 2.33. The van der Waals surface area contributed by atoms with Crippen LogP contribution < -0.4 is 0 Å². The smallest absolute Gasteiger partial charge is 0.0349 e. The lowest BCUT2D eigenvalue weighted by molar-refractivity contribution is 1.18. The molecular weight excluding hydrogens is 192 g/mol. The molecule has 0 aromatic heterocycles. The molecule has 2 aromatic rings. The third-order valence-electron chi connectivity index (χ3n) is 3.46. The molecule has 0 saturated heterocycles. The third-order valence-corrected chi connectivity index (χ3v) is 3.46. The lowest BCUT2D eigenvalue weighted by Gasteiger charge is -1.99. The summed E-state index contributed by atoms with van der Waals surface area (Å²) in [5.74, 6) is 0.577. The number of fused-ring (bicyclic) bond motifs is 1. The van der Waals surface area contributed by atoms with Crippen molar-refractivity contribution in [3.8, 4) is 0 Å². The molecular formula is C16H16. The van der Waals surface area contributed by atoms with Crippen molar-refractivity contribution in [1.82, 2.24) is 0 Å². The van der Waals surface area contributed by atoms with Gasteiger partial charge in [0.1, 0.15) is 0 Å². The van der Waals surface area contributed by atoms with Crippen LogP contribution in [0, 0.1) is 20.8 Å². The van der Waals surface area contributed by atoms with Crippen molar-refractivity contribution in [3.63, 3.8) is 0 Å². The van der Waals surface area contributed by atoms with Crippen LogP contribution in [0.4, 0.5) is 0 Å². The average Bonchev–Trinajstić information content (AvgIpc) is 2.91. The maximum Gasteiger partial charge on any atom is 0.0349 e. The van der Waals surface area contributed by atoms with Crippen LogP contribution in [-0.4, -0.2) is 0 Å². The third kappa shape index (κ3) is 1.37. The number of hydrogen-bond acceptors (Lipinski definition) is 0. The van der Waals surface area contributed by atoms with Crippen LogP contribution in [0.3, 0.4) is 0 Å². The Morgan fingerprint density at radius 2 is 1.69 bits per heavy atom. The Hall–Kier alpha value is -1.56. The van der Waals surface area contributed by atoms with E-state index in [2.05, 4.69) is 57.2 Å². The molecule has 1 aliphatic carbocycles. The molecule has 2 aromatic carbocycles. The van der Waals surface area contributed by atoms with Crippen LogP contribution in [0.5, 0.6) is 0 Å². The highest BCUT2D eigenvalue weighted by Gasteiger charge is 2.35. The van der Waals surface area contributed by atoms with E-state index in [1.54, 1.807) is 5.56 Å². The number of benzene rings is 2. The topological polar surface area (TPSA) is 0 Å². The van der Waals surface area contributed by atoms with Crippen molar-refractivity contribution >= 4 is 0 Å². The van der Waals surface area contributed by atoms with Gasteiger partial charge in [0.25, 0.3) is 0 Å². The Morgan fingerprint density at radius 3 is 2.44 bits per heavy atom. The summed E-state index contributed by atoms with van der Waals surface area (Å²) in [4.78, 5) is 0. The molecule has 1 atom stereocenters. The molecule has 0 radical (unpaired) electrons. The fourth-order valence-electron chi connectivity index (χ4n) is 2.76. The molecule has 1 aliphatic rings. The number of hydrogen-bond donors (Lipinski definition) is 0. The molecule has 0 amide bonds. The summed E-state index contributed by atoms with van der Waals surface area (Å²) in [6.45, 7) is 6.56. The van der Waals surface area contributed by atoms with Gasteiger partial charge in [0.05, 0.1) is 0 Å². The maximum atomic E-state index is 2.33. The first-order valence-corrected chi connectivity index (χ1v) is 5.84. The molecule has 0 aliphatic heterocycles. The fourth-order valence-corrected chi connectivity index (χ4v) is 2.76. The van der Waals surface area contributed by atoms with Gasteiger partial charge in [-0.25, -0.2) is 0 Å². The van der Waals surface area contributed by atoms with E-state index in [-0.39, 0.29) is 0 Å². The Kier molecular flexibility index (Phi) is 1.94. The Bertz CT molecular complexity index is 564. The first-order chi connectivity index (χ1) is 7.66. The molecule has 1 unspecified atom stereocenters. The van der Waals surface area contributed by atoms with Gasteiger partial charge in [0.15, 0.2) is 0 Å². The Labute approximate surface area is 96.9 Å². The lowest BCUT2D eigenvalue weighted by atomic mass is 10.1. The SMILES string of the molecule is Cc1cccc(C2c3cc(C)cc(C)c32)c1. The van der Waals surface area contributed by atoms with Gasteiger partial charge < -0.3 is 0 Å². The molecule has 3 rings (SSSR count). The molecule has 0 heterocycles. The van der Waals surface area contributed by atoms with Crippen LogP contribution in [0.2, 0.25) is 0 Å². The van der Waals surface area contributed by atoms with E-state index in [1.807, 2.05) is 0 Å². The second-order valence-corrected chi connectivity index (χ2v) is 4.93. The van der Waals surface area contributed by atoms with Crippen molar-refractivity contribution in [2.75, 3.05) is 0 Å². The van der Waals surface area contributed by atoms with Crippen LogP contribution in [0.25, 0.3) is 0 Å². The minimum Gasteiger partial charge on any atom is -0.0617 e. The van der Waals surface area contributed by atoms with Gasteiger partial charge in [-0.3, -0.25) is 0 Å². The molecule has 0 heteroatoms. The van der Waals surface area contributed by atoms with E-state index in [4.69, 9.17) is 0 Å². The minimum absolute atomic E-state index is 0.577. The van der Waals surface area contributed by atoms with Gasteiger partial charge >= 0.3 is 0 Å². The van der Waals surface area contributed by atoms with Crippen molar-refractivity contribution in [1.29, 1.82) is 0 Å². The fraction of sp³-hybridized carbons (Fsp3) is 0.250. The van der Waals surface area contributed by atoms with Crippen LogP contribution >= 0.6 is 0 Å². The highest BCUT2D eigenvalue weighted by atomic mass is 14.4. The van der Waals surface area contributed by atoms with E-state index < -0.39 is 0 Å². The van der Waals surface area contributed by atoms with Gasteiger partial charge in [-0.1, -0.05) is 47.5 Å². The average molecular weight is 208 g/mol. The second-order valence-electron chi connectivity index (χ2n) is 4.93. The summed E-state index contributed by atoms with van der Waals surface area (Å²) >= 11 is 0. The number of rotatable bonds is 1. The van der Waals surface area contributed by atoms with Crippen molar-refractivity contribution < 1.29 is 0 Å². The molecule has 16 heavy (non-hydrogen) atoms. The van der Waals surface area contributed by atoms with Gasteiger partial charge in [0.2, 0.25) is 0 Å². The summed E-state index contributed by atoms with van der Waals surface area (Å²) < 4.78 is 0. The van der Waals surface area contributed by atoms with E-state index in [0.717, 1.165) is 0 Å². The zero-order valence-corrected chi connectivity index (χ0v) is 10.0. The molecule has 0 N–H and O–H groups in total. The van der Waals surface area contributed by atoms with Gasteiger partial charge in [0, 0.05) is 5.92 Å². The summed E-state index contributed by atoms with van der Waals surface area (Å²) in [5, 5.41) is 0. The standard InChI is InChI=1S/C16H16/c1-10-5-4-6-13(8-10)16-14-9-11(2)7-12(3)15(14)16/h4-9,16H,1-3H3. The molecule has 0 nitrogen and oxygen atoms in total. The van der Waals surface area contributed by atoms with Gasteiger partial charge in [-0.15, -0.1) is 0 Å². The highest BCUT2D eigenvalue weighted by molar-refractivity contribution is 5.64. The zero-order valence-electron chi connectivity index (χ0n) is 10.0. The first-order valence-electron chi connectivity index (χ1n) is 5.84. The van der Waals surface area contributed by atoms with Gasteiger partial charge in [-0.05, 0) is 43.0 Å². The van der Waals surface area contributed by atoms with Crippen molar-refractivity contribution in [3.05, 3.63) is 69.8 Å². The molecule has 0 saturated carbocycles. The predicted molar refractivity (Wildman–Crippen MR) is 68.0 cm³/mol. The molecule has 0 fully saturated rings. The predicted octanol–water partition coefficient (Wildman–Crippen LogP) is 4.11. The first kappa shape index (κ1) is 9.65. The largest absolute Gasteiger partial charge is 0.0617 e. The minimum atomic E-state index is 0.577. The van der Waals surface area contributed by atoms with Gasteiger partial charge in [-0.2, -0.15) is 0 Å². The summed E-state index contributed by atoms with van der Waals surface area (Å²) in [7, 11) is 0. The van der Waals surface area contributed by atoms with E-state index in [0.29, 0.717) is 5.92 Å². The summed E-state index contributed by atoms with van der Waals surface area (Å²) in [6.07, 6.45) is 0.